The van der Waals surface area contributed by atoms with Gasteiger partial charge < -0.3 is 15.6 Å². The maximum Gasteiger partial charge on any atom is 0.160 e. The minimum atomic E-state index is 0.175. The Morgan fingerprint density at radius 2 is 1.61 bits per heavy atom. The number of nitrogens with two attached hydrogens (primary N) is 1. The summed E-state index contributed by atoms with van der Waals surface area (Å²) in [6.07, 6.45) is 1.84. The van der Waals surface area contributed by atoms with Crippen molar-refractivity contribution in [3.63, 3.8) is 0 Å². The minimum absolute atomic E-state index is 0.175. The van der Waals surface area contributed by atoms with Crippen LogP contribution in [0, 0.1) is 0 Å². The molecule has 0 saturated carbocycles. The lowest BCUT2D eigenvalue weighted by atomic mass is 10.0. The molecule has 0 radical (unpaired) electrons. The topological polar surface area (TPSA) is 55.5 Å². The Kier molecular flexibility index (Phi) is 3.72. The predicted molar refractivity (Wildman–Crippen MR) is 72.9 cm³/mol. The highest BCUT2D eigenvalue weighted by Gasteiger charge is 2.03. The van der Waals surface area contributed by atoms with Crippen LogP contribution in [0.3, 0.4) is 0 Å². The Balaban J connectivity index is 2.04. The average Bonchev–Trinajstić information content (AvgIpc) is 2.39. The van der Waals surface area contributed by atoms with Gasteiger partial charge in [-0.05, 0) is 48.2 Å². The molecule has 0 spiro atoms. The summed E-state index contributed by atoms with van der Waals surface area (Å²) in [6.45, 7) is 0. The van der Waals surface area contributed by atoms with Gasteiger partial charge in [0.25, 0.3) is 0 Å². The van der Waals surface area contributed by atoms with E-state index in [9.17, 15) is 5.11 Å². The highest BCUT2D eigenvalue weighted by atomic mass is 16.5. The fourth-order valence-electron chi connectivity index (χ4n) is 1.85. The number of aromatic hydroxyl groups is 1. The van der Waals surface area contributed by atoms with E-state index in [4.69, 9.17) is 10.5 Å². The zero-order chi connectivity index (χ0) is 13.0. The van der Waals surface area contributed by atoms with Crippen LogP contribution < -0.4 is 10.5 Å². The van der Waals surface area contributed by atoms with E-state index in [2.05, 4.69) is 0 Å². The Morgan fingerprint density at radius 3 is 2.28 bits per heavy atom. The van der Waals surface area contributed by atoms with Crippen molar-refractivity contribution in [3.8, 4) is 11.5 Å². The van der Waals surface area contributed by atoms with E-state index in [-0.39, 0.29) is 5.75 Å². The smallest absolute Gasteiger partial charge is 0.160 e. The molecule has 0 unspecified atom stereocenters. The highest BCUT2D eigenvalue weighted by molar-refractivity contribution is 5.42. The summed E-state index contributed by atoms with van der Waals surface area (Å²) in [7, 11) is 1.55. The van der Waals surface area contributed by atoms with Gasteiger partial charge in [-0.3, -0.25) is 0 Å². The van der Waals surface area contributed by atoms with Crippen LogP contribution in [-0.4, -0.2) is 12.2 Å². The van der Waals surface area contributed by atoms with Crippen LogP contribution in [0.4, 0.5) is 5.69 Å². The van der Waals surface area contributed by atoms with E-state index in [1.807, 2.05) is 36.4 Å². The van der Waals surface area contributed by atoms with Gasteiger partial charge in [0.1, 0.15) is 0 Å². The molecule has 94 valence electrons. The van der Waals surface area contributed by atoms with Crippen molar-refractivity contribution in [2.24, 2.45) is 0 Å². The van der Waals surface area contributed by atoms with Gasteiger partial charge in [0.05, 0.1) is 7.11 Å². The van der Waals surface area contributed by atoms with Crippen molar-refractivity contribution in [2.45, 2.75) is 12.8 Å². The molecule has 0 heterocycles. The van der Waals surface area contributed by atoms with Crippen molar-refractivity contribution < 1.29 is 9.84 Å². The molecule has 0 aliphatic heterocycles. The first-order valence-corrected chi connectivity index (χ1v) is 5.89. The van der Waals surface area contributed by atoms with E-state index in [0.29, 0.717) is 5.75 Å². The van der Waals surface area contributed by atoms with Gasteiger partial charge in [-0.15, -0.1) is 0 Å². The number of phenolic OH excluding ortho intramolecular Hbond substituents is 1. The molecule has 0 atom stereocenters. The number of nitrogen functional groups attached to an aromatic ring is 1. The molecule has 0 fully saturated rings. The summed E-state index contributed by atoms with van der Waals surface area (Å²) in [5.74, 6) is 0.693. The number of anilines is 1. The average molecular weight is 243 g/mol. The minimum Gasteiger partial charge on any atom is -0.504 e. The summed E-state index contributed by atoms with van der Waals surface area (Å²) >= 11 is 0. The Morgan fingerprint density at radius 1 is 1.00 bits per heavy atom. The first-order valence-electron chi connectivity index (χ1n) is 5.89. The first-order chi connectivity index (χ1) is 8.69. The number of rotatable bonds is 4. The Bertz CT molecular complexity index is 521. The number of methoxy groups -OCH3 is 1. The van der Waals surface area contributed by atoms with Gasteiger partial charge in [0.15, 0.2) is 11.5 Å². The van der Waals surface area contributed by atoms with Crippen molar-refractivity contribution in [1.82, 2.24) is 0 Å². The van der Waals surface area contributed by atoms with Crippen LogP contribution in [-0.2, 0) is 12.8 Å². The third kappa shape index (κ3) is 2.94. The van der Waals surface area contributed by atoms with Crippen LogP contribution in [0.5, 0.6) is 11.5 Å². The Hall–Kier alpha value is -2.16. The van der Waals surface area contributed by atoms with Crippen molar-refractivity contribution in [2.75, 3.05) is 12.8 Å². The van der Waals surface area contributed by atoms with Crippen LogP contribution in [0.1, 0.15) is 11.1 Å². The van der Waals surface area contributed by atoms with Crippen LogP contribution in [0.25, 0.3) is 0 Å². The van der Waals surface area contributed by atoms with E-state index < -0.39 is 0 Å². The molecular formula is C15H17NO2. The molecule has 3 N–H and O–H groups in total. The maximum atomic E-state index is 9.51. The third-order valence-corrected chi connectivity index (χ3v) is 2.93. The molecule has 0 aliphatic rings. The van der Waals surface area contributed by atoms with Crippen molar-refractivity contribution >= 4 is 5.69 Å². The summed E-state index contributed by atoms with van der Waals surface area (Å²) in [6, 6.07) is 13.3. The van der Waals surface area contributed by atoms with Gasteiger partial charge in [-0.2, -0.15) is 0 Å². The van der Waals surface area contributed by atoms with Crippen LogP contribution in [0.2, 0.25) is 0 Å². The number of hydrogen-bond donors (Lipinski definition) is 2. The molecular weight excluding hydrogens is 226 g/mol. The zero-order valence-electron chi connectivity index (χ0n) is 10.4. The number of benzene rings is 2. The number of phenols is 1. The molecule has 3 heteroatoms. The summed E-state index contributed by atoms with van der Waals surface area (Å²) in [5.41, 5.74) is 8.81. The van der Waals surface area contributed by atoms with E-state index >= 15 is 0 Å². The van der Waals surface area contributed by atoms with Crippen LogP contribution >= 0.6 is 0 Å². The second kappa shape index (κ2) is 5.45. The number of hydrogen-bond acceptors (Lipinski definition) is 3. The first kappa shape index (κ1) is 12.3. The normalized spacial score (nSPS) is 10.3. The van der Waals surface area contributed by atoms with Crippen molar-refractivity contribution in [3.05, 3.63) is 53.6 Å². The summed E-state index contributed by atoms with van der Waals surface area (Å²) in [5, 5.41) is 9.51. The maximum absolute atomic E-state index is 9.51. The summed E-state index contributed by atoms with van der Waals surface area (Å²) < 4.78 is 5.09. The third-order valence-electron chi connectivity index (χ3n) is 2.93. The van der Waals surface area contributed by atoms with Crippen LogP contribution in [0.15, 0.2) is 42.5 Å². The molecule has 0 amide bonds. The SMILES string of the molecule is COc1cc(CCc2ccc(N)cc2)ccc1O. The van der Waals surface area contributed by atoms with Gasteiger partial charge in [0, 0.05) is 5.69 Å². The molecule has 18 heavy (non-hydrogen) atoms. The second-order valence-electron chi connectivity index (χ2n) is 4.25. The molecule has 0 aliphatic carbocycles. The van der Waals surface area contributed by atoms with Crippen molar-refractivity contribution in [1.29, 1.82) is 0 Å². The monoisotopic (exact) mass is 243 g/mol. The summed E-state index contributed by atoms with van der Waals surface area (Å²) in [4.78, 5) is 0. The molecule has 2 aromatic carbocycles. The molecule has 0 aromatic heterocycles. The molecule has 0 saturated heterocycles. The molecule has 3 nitrogen and oxygen atoms in total. The lowest BCUT2D eigenvalue weighted by Gasteiger charge is -2.07. The van der Waals surface area contributed by atoms with E-state index in [1.54, 1.807) is 13.2 Å². The lowest BCUT2D eigenvalue weighted by molar-refractivity contribution is 0.373. The van der Waals surface area contributed by atoms with E-state index in [0.717, 1.165) is 24.1 Å². The highest BCUT2D eigenvalue weighted by Crippen LogP contribution is 2.26. The fraction of sp³-hybridized carbons (Fsp3) is 0.200. The Labute approximate surface area is 107 Å². The predicted octanol–water partition coefficient (Wildman–Crippen LogP) is 2.77. The van der Waals surface area contributed by atoms with Gasteiger partial charge in [-0.25, -0.2) is 0 Å². The van der Waals surface area contributed by atoms with E-state index in [1.165, 1.54) is 5.56 Å². The standard InChI is InChI=1S/C15H17NO2/c1-18-15-10-12(6-9-14(15)17)3-2-11-4-7-13(16)8-5-11/h4-10,17H,2-3,16H2,1H3. The zero-order valence-corrected chi connectivity index (χ0v) is 10.4. The van der Waals surface area contributed by atoms with Gasteiger partial charge >= 0.3 is 0 Å². The lowest BCUT2D eigenvalue weighted by Crippen LogP contribution is -1.93. The largest absolute Gasteiger partial charge is 0.504 e. The molecule has 2 rings (SSSR count). The second-order valence-corrected chi connectivity index (χ2v) is 4.25. The number of aryl methyl sites for hydroxylation is 2. The fourth-order valence-corrected chi connectivity index (χ4v) is 1.85. The number of ether oxygens (including phenoxy) is 1. The van der Waals surface area contributed by atoms with Gasteiger partial charge in [-0.1, -0.05) is 18.2 Å². The van der Waals surface area contributed by atoms with Gasteiger partial charge in [0.2, 0.25) is 0 Å². The molecule has 0 bridgehead atoms. The quantitative estimate of drug-likeness (QED) is 0.812. The molecule has 2 aromatic rings.